The Balaban J connectivity index is 1.97. The van der Waals surface area contributed by atoms with E-state index in [0.717, 1.165) is 26.2 Å². The van der Waals surface area contributed by atoms with E-state index in [1.807, 2.05) is 6.92 Å². The van der Waals surface area contributed by atoms with E-state index in [1.54, 1.807) is 0 Å². The van der Waals surface area contributed by atoms with Gasteiger partial charge in [-0.3, -0.25) is 9.69 Å². The highest BCUT2D eigenvalue weighted by atomic mass is 16.4. The predicted octanol–water partition coefficient (Wildman–Crippen LogP) is 2.29. The summed E-state index contributed by atoms with van der Waals surface area (Å²) in [6.07, 6.45) is 0.226. The summed E-state index contributed by atoms with van der Waals surface area (Å²) in [4.78, 5) is 15.5. The number of piperazine rings is 1. The summed E-state index contributed by atoms with van der Waals surface area (Å²) in [5, 5.41) is 8.87. The summed E-state index contributed by atoms with van der Waals surface area (Å²) in [6.45, 7) is 10.1. The molecule has 1 aromatic carbocycles. The lowest BCUT2D eigenvalue weighted by Gasteiger charge is -2.39. The molecule has 1 aromatic rings. The minimum absolute atomic E-state index is 0.119. The van der Waals surface area contributed by atoms with Crippen molar-refractivity contribution in [3.05, 3.63) is 29.3 Å². The Bertz CT molecular complexity index is 479. The Labute approximate surface area is 121 Å². The molecule has 0 radical (unpaired) electrons. The van der Waals surface area contributed by atoms with Crippen LogP contribution in [0.1, 0.15) is 24.5 Å². The first-order valence-corrected chi connectivity index (χ1v) is 7.26. The Morgan fingerprint density at radius 2 is 1.90 bits per heavy atom. The van der Waals surface area contributed by atoms with Gasteiger partial charge in [0.2, 0.25) is 0 Å². The van der Waals surface area contributed by atoms with E-state index in [2.05, 4.69) is 41.8 Å². The fraction of sp³-hybridized carbons (Fsp3) is 0.562. The van der Waals surface area contributed by atoms with Crippen molar-refractivity contribution in [3.63, 3.8) is 0 Å². The Morgan fingerprint density at radius 3 is 2.50 bits per heavy atom. The SMILES string of the molecule is Cc1cccc(N2CCN(C(C)CC(=O)O)CC2)c1C. The van der Waals surface area contributed by atoms with E-state index < -0.39 is 5.97 Å². The zero-order valence-corrected chi connectivity index (χ0v) is 12.6. The minimum Gasteiger partial charge on any atom is -0.481 e. The van der Waals surface area contributed by atoms with Crippen molar-refractivity contribution in [2.75, 3.05) is 31.1 Å². The number of carboxylic acid groups (broad SMARTS) is 1. The van der Waals surface area contributed by atoms with Crippen molar-refractivity contribution < 1.29 is 9.90 Å². The van der Waals surface area contributed by atoms with Crippen LogP contribution in [-0.2, 0) is 4.79 Å². The van der Waals surface area contributed by atoms with Crippen LogP contribution in [-0.4, -0.2) is 48.2 Å². The van der Waals surface area contributed by atoms with Crippen molar-refractivity contribution in [2.24, 2.45) is 0 Å². The van der Waals surface area contributed by atoms with Gasteiger partial charge < -0.3 is 10.0 Å². The van der Waals surface area contributed by atoms with Gasteiger partial charge in [0, 0.05) is 37.9 Å². The van der Waals surface area contributed by atoms with Crippen LogP contribution >= 0.6 is 0 Å². The van der Waals surface area contributed by atoms with Gasteiger partial charge in [-0.15, -0.1) is 0 Å². The molecule has 1 aliphatic heterocycles. The number of nitrogens with zero attached hydrogens (tertiary/aromatic N) is 2. The number of aliphatic carboxylic acids is 1. The summed E-state index contributed by atoms with van der Waals surface area (Å²) < 4.78 is 0. The van der Waals surface area contributed by atoms with E-state index >= 15 is 0 Å². The van der Waals surface area contributed by atoms with Gasteiger partial charge in [-0.2, -0.15) is 0 Å². The molecule has 110 valence electrons. The van der Waals surface area contributed by atoms with Crippen LogP contribution in [0.3, 0.4) is 0 Å². The number of aryl methyl sites for hydroxylation is 1. The van der Waals surface area contributed by atoms with Crippen molar-refractivity contribution in [2.45, 2.75) is 33.2 Å². The number of hydrogen-bond acceptors (Lipinski definition) is 3. The summed E-state index contributed by atoms with van der Waals surface area (Å²) in [5.41, 5.74) is 3.99. The maximum Gasteiger partial charge on any atom is 0.304 e. The van der Waals surface area contributed by atoms with E-state index in [4.69, 9.17) is 5.11 Å². The molecule has 2 rings (SSSR count). The van der Waals surface area contributed by atoms with Crippen molar-refractivity contribution >= 4 is 11.7 Å². The molecule has 1 aliphatic rings. The summed E-state index contributed by atoms with van der Waals surface area (Å²) in [7, 11) is 0. The highest BCUT2D eigenvalue weighted by Crippen LogP contribution is 2.24. The highest BCUT2D eigenvalue weighted by molar-refractivity contribution is 5.67. The lowest BCUT2D eigenvalue weighted by atomic mass is 10.1. The molecule has 20 heavy (non-hydrogen) atoms. The number of anilines is 1. The topological polar surface area (TPSA) is 43.8 Å². The zero-order valence-electron chi connectivity index (χ0n) is 12.6. The molecule has 0 spiro atoms. The standard InChI is InChI=1S/C16H24N2O2/c1-12-5-4-6-15(14(12)3)18-9-7-17(8-10-18)13(2)11-16(19)20/h4-6,13H,7-11H2,1-3H3,(H,19,20). The van der Waals surface area contributed by atoms with E-state index in [0.29, 0.717) is 0 Å². The summed E-state index contributed by atoms with van der Waals surface area (Å²) >= 11 is 0. The molecule has 0 aliphatic carbocycles. The minimum atomic E-state index is -0.713. The second-order valence-corrected chi connectivity index (χ2v) is 5.69. The lowest BCUT2D eigenvalue weighted by molar-refractivity contribution is -0.138. The quantitative estimate of drug-likeness (QED) is 0.916. The Kier molecular flexibility index (Phi) is 4.65. The van der Waals surface area contributed by atoms with Gasteiger partial charge in [-0.05, 0) is 38.0 Å². The smallest absolute Gasteiger partial charge is 0.304 e. The highest BCUT2D eigenvalue weighted by Gasteiger charge is 2.23. The van der Waals surface area contributed by atoms with Crippen molar-refractivity contribution in [1.29, 1.82) is 0 Å². The maximum atomic E-state index is 10.8. The molecule has 4 nitrogen and oxygen atoms in total. The van der Waals surface area contributed by atoms with Crippen molar-refractivity contribution in [3.8, 4) is 0 Å². The van der Waals surface area contributed by atoms with Gasteiger partial charge in [0.1, 0.15) is 0 Å². The largest absolute Gasteiger partial charge is 0.481 e. The van der Waals surface area contributed by atoms with Gasteiger partial charge >= 0.3 is 5.97 Å². The molecule has 1 N–H and O–H groups in total. The first-order valence-electron chi connectivity index (χ1n) is 7.26. The molecule has 0 amide bonds. The van der Waals surface area contributed by atoms with Gasteiger partial charge in [0.15, 0.2) is 0 Å². The third-order valence-electron chi connectivity index (χ3n) is 4.32. The van der Waals surface area contributed by atoms with Crippen LogP contribution in [0.25, 0.3) is 0 Å². The summed E-state index contributed by atoms with van der Waals surface area (Å²) in [6, 6.07) is 6.55. The fourth-order valence-electron chi connectivity index (χ4n) is 2.86. The van der Waals surface area contributed by atoms with Crippen LogP contribution in [0, 0.1) is 13.8 Å². The van der Waals surface area contributed by atoms with Crippen LogP contribution in [0.5, 0.6) is 0 Å². The molecule has 0 aromatic heterocycles. The monoisotopic (exact) mass is 276 g/mol. The normalized spacial score (nSPS) is 18.1. The number of hydrogen-bond donors (Lipinski definition) is 1. The van der Waals surface area contributed by atoms with Gasteiger partial charge in [-0.1, -0.05) is 12.1 Å². The van der Waals surface area contributed by atoms with E-state index in [-0.39, 0.29) is 12.5 Å². The molecule has 1 heterocycles. The van der Waals surface area contributed by atoms with Crippen LogP contribution in [0.2, 0.25) is 0 Å². The van der Waals surface area contributed by atoms with Crippen LogP contribution in [0.4, 0.5) is 5.69 Å². The maximum absolute atomic E-state index is 10.8. The van der Waals surface area contributed by atoms with E-state index in [9.17, 15) is 4.79 Å². The van der Waals surface area contributed by atoms with Crippen LogP contribution in [0.15, 0.2) is 18.2 Å². The third kappa shape index (κ3) is 3.31. The van der Waals surface area contributed by atoms with Crippen LogP contribution < -0.4 is 4.90 Å². The predicted molar refractivity (Wildman–Crippen MR) is 81.4 cm³/mol. The second kappa shape index (κ2) is 6.27. The van der Waals surface area contributed by atoms with Gasteiger partial charge in [0.05, 0.1) is 6.42 Å². The van der Waals surface area contributed by atoms with Gasteiger partial charge in [0.25, 0.3) is 0 Å². The number of rotatable bonds is 4. The molecule has 1 saturated heterocycles. The Morgan fingerprint density at radius 1 is 1.25 bits per heavy atom. The molecular weight excluding hydrogens is 252 g/mol. The molecule has 0 saturated carbocycles. The molecule has 1 unspecified atom stereocenters. The van der Waals surface area contributed by atoms with Crippen molar-refractivity contribution in [1.82, 2.24) is 4.90 Å². The first-order chi connectivity index (χ1) is 9.49. The molecule has 4 heteroatoms. The molecule has 0 bridgehead atoms. The number of carbonyl (C=O) groups is 1. The van der Waals surface area contributed by atoms with E-state index in [1.165, 1.54) is 16.8 Å². The van der Waals surface area contributed by atoms with Gasteiger partial charge in [-0.25, -0.2) is 0 Å². The number of benzene rings is 1. The third-order valence-corrected chi connectivity index (χ3v) is 4.32. The average Bonchev–Trinajstić information content (AvgIpc) is 2.41. The lowest BCUT2D eigenvalue weighted by Crippen LogP contribution is -2.50. The fourth-order valence-corrected chi connectivity index (χ4v) is 2.86. The molecular formula is C16H24N2O2. The second-order valence-electron chi connectivity index (χ2n) is 5.69. The first kappa shape index (κ1) is 14.9. The molecule has 1 atom stereocenters. The summed E-state index contributed by atoms with van der Waals surface area (Å²) in [5.74, 6) is -0.713. The zero-order chi connectivity index (χ0) is 14.7. The Hall–Kier alpha value is -1.55. The average molecular weight is 276 g/mol. The number of carboxylic acids is 1. The molecule has 1 fully saturated rings.